The molecule has 0 radical (unpaired) electrons. The van der Waals surface area contributed by atoms with Crippen LogP contribution >= 0.6 is 0 Å². The monoisotopic (exact) mass is 287 g/mol. The van der Waals surface area contributed by atoms with E-state index in [2.05, 4.69) is 43.9 Å². The van der Waals surface area contributed by atoms with Crippen LogP contribution in [-0.4, -0.2) is 32.2 Å². The second-order valence-corrected chi connectivity index (χ2v) is 7.40. The summed E-state index contributed by atoms with van der Waals surface area (Å²) in [5.74, 6) is 0.952. The van der Waals surface area contributed by atoms with Gasteiger partial charge in [-0.2, -0.15) is 0 Å². The van der Waals surface area contributed by atoms with E-state index in [1.54, 1.807) is 0 Å². The van der Waals surface area contributed by atoms with Crippen molar-refractivity contribution < 1.29 is 4.90 Å². The Kier molecular flexibility index (Phi) is 4.54. The van der Waals surface area contributed by atoms with Crippen LogP contribution in [0.25, 0.3) is 0 Å². The van der Waals surface area contributed by atoms with Gasteiger partial charge in [0.1, 0.15) is 0 Å². The van der Waals surface area contributed by atoms with Gasteiger partial charge < -0.3 is 9.80 Å². The number of anilines is 1. The van der Waals surface area contributed by atoms with Crippen LogP contribution in [0.1, 0.15) is 43.7 Å². The summed E-state index contributed by atoms with van der Waals surface area (Å²) >= 11 is 0. The van der Waals surface area contributed by atoms with Crippen LogP contribution in [-0.2, 0) is 0 Å². The zero-order valence-electron chi connectivity index (χ0n) is 14.0. The molecular weight excluding hydrogens is 256 g/mol. The van der Waals surface area contributed by atoms with Gasteiger partial charge in [-0.25, -0.2) is 0 Å². The van der Waals surface area contributed by atoms with E-state index in [9.17, 15) is 0 Å². The minimum absolute atomic E-state index is 0.939. The number of nitrogens with one attached hydrogen (secondary N) is 1. The third-order valence-corrected chi connectivity index (χ3v) is 5.62. The van der Waals surface area contributed by atoms with E-state index < -0.39 is 0 Å². The molecule has 21 heavy (non-hydrogen) atoms. The number of hydrogen-bond acceptors (Lipinski definition) is 1. The van der Waals surface area contributed by atoms with Crippen LogP contribution in [0.4, 0.5) is 5.69 Å². The van der Waals surface area contributed by atoms with E-state index in [0.29, 0.717) is 0 Å². The van der Waals surface area contributed by atoms with Crippen LogP contribution in [0.5, 0.6) is 0 Å². The predicted molar refractivity (Wildman–Crippen MR) is 90.2 cm³/mol. The van der Waals surface area contributed by atoms with Crippen LogP contribution in [0.3, 0.4) is 0 Å². The Morgan fingerprint density at radius 3 is 2.57 bits per heavy atom. The zero-order chi connectivity index (χ0) is 14.8. The standard InChI is InChI=1S/C19H30N2/c1-15-5-4-6-18(13-15)20-9-11-21(12-10-20)19-14-16(2)7-8-17(19)3/h7-8,14-15,18H,4-6,9-13H2,1-3H3/p+1/t15-,18-/m0/s1. The van der Waals surface area contributed by atoms with Crippen LogP contribution < -0.4 is 9.80 Å². The highest BCUT2D eigenvalue weighted by molar-refractivity contribution is 5.55. The predicted octanol–water partition coefficient (Wildman–Crippen LogP) is 2.59. The lowest BCUT2D eigenvalue weighted by Crippen LogP contribution is -3.18. The first kappa shape index (κ1) is 14.9. The van der Waals surface area contributed by atoms with Crippen molar-refractivity contribution in [1.29, 1.82) is 0 Å². The quantitative estimate of drug-likeness (QED) is 0.878. The van der Waals surface area contributed by atoms with Gasteiger partial charge in [0.2, 0.25) is 0 Å². The Labute approximate surface area is 130 Å². The number of hydrogen-bond donors (Lipinski definition) is 1. The summed E-state index contributed by atoms with van der Waals surface area (Å²) in [5, 5.41) is 0. The first-order chi connectivity index (χ1) is 10.1. The second kappa shape index (κ2) is 6.39. The molecule has 1 aromatic rings. The molecule has 1 aromatic carbocycles. The topological polar surface area (TPSA) is 7.68 Å². The van der Waals surface area contributed by atoms with Crippen molar-refractivity contribution in [2.24, 2.45) is 5.92 Å². The van der Waals surface area contributed by atoms with Crippen LogP contribution in [0, 0.1) is 19.8 Å². The van der Waals surface area contributed by atoms with Crippen LogP contribution in [0.15, 0.2) is 18.2 Å². The van der Waals surface area contributed by atoms with Crippen molar-refractivity contribution in [3.05, 3.63) is 29.3 Å². The molecule has 1 saturated carbocycles. The van der Waals surface area contributed by atoms with Crippen molar-refractivity contribution in [3.63, 3.8) is 0 Å². The normalized spacial score (nSPS) is 27.9. The maximum atomic E-state index is 2.61. The van der Waals surface area contributed by atoms with E-state index in [0.717, 1.165) is 12.0 Å². The van der Waals surface area contributed by atoms with Gasteiger partial charge in [-0.3, -0.25) is 0 Å². The molecule has 0 spiro atoms. The molecule has 1 heterocycles. The third kappa shape index (κ3) is 3.42. The molecule has 116 valence electrons. The number of aryl methyl sites for hydroxylation is 2. The number of nitrogens with zero attached hydrogens (tertiary/aromatic N) is 1. The molecule has 3 rings (SSSR count). The molecule has 1 saturated heterocycles. The molecule has 2 nitrogen and oxygen atoms in total. The van der Waals surface area contributed by atoms with E-state index in [1.807, 2.05) is 4.90 Å². The van der Waals surface area contributed by atoms with Crippen molar-refractivity contribution in [2.45, 2.75) is 52.5 Å². The van der Waals surface area contributed by atoms with E-state index in [1.165, 1.54) is 68.7 Å². The Balaban J connectivity index is 1.61. The average molecular weight is 287 g/mol. The number of benzene rings is 1. The van der Waals surface area contributed by atoms with E-state index in [4.69, 9.17) is 0 Å². The Morgan fingerprint density at radius 1 is 1.10 bits per heavy atom. The van der Waals surface area contributed by atoms with Gasteiger partial charge in [0.15, 0.2) is 0 Å². The van der Waals surface area contributed by atoms with Crippen LogP contribution in [0.2, 0.25) is 0 Å². The largest absolute Gasteiger partial charge is 0.360 e. The van der Waals surface area contributed by atoms with Crippen molar-refractivity contribution in [3.8, 4) is 0 Å². The first-order valence-corrected chi connectivity index (χ1v) is 8.80. The average Bonchev–Trinajstić information content (AvgIpc) is 2.50. The fourth-order valence-corrected chi connectivity index (χ4v) is 4.31. The summed E-state index contributed by atoms with van der Waals surface area (Å²) in [7, 11) is 0. The highest BCUT2D eigenvalue weighted by atomic mass is 15.3. The van der Waals surface area contributed by atoms with E-state index >= 15 is 0 Å². The number of quaternary nitrogens is 1. The Bertz CT molecular complexity index is 474. The lowest BCUT2D eigenvalue weighted by molar-refractivity contribution is -0.927. The third-order valence-electron chi connectivity index (χ3n) is 5.62. The SMILES string of the molecule is Cc1ccc(C)c(N2CC[NH+]([C@H]3CCC[C@H](C)C3)CC2)c1. The number of rotatable bonds is 2. The minimum Gasteiger partial charge on any atom is -0.360 e. The molecule has 0 aromatic heterocycles. The summed E-state index contributed by atoms with van der Waals surface area (Å²) in [4.78, 5) is 4.49. The summed E-state index contributed by atoms with van der Waals surface area (Å²) in [6.07, 6.45) is 5.83. The fraction of sp³-hybridized carbons (Fsp3) is 0.684. The molecule has 1 N–H and O–H groups in total. The molecule has 2 heteroatoms. The molecular formula is C19H31N2+. The van der Waals surface area contributed by atoms with Crippen molar-refractivity contribution in [2.75, 3.05) is 31.1 Å². The molecule has 1 aliphatic carbocycles. The zero-order valence-corrected chi connectivity index (χ0v) is 14.0. The molecule has 2 fully saturated rings. The van der Waals surface area contributed by atoms with Crippen molar-refractivity contribution in [1.82, 2.24) is 0 Å². The van der Waals surface area contributed by atoms with Crippen molar-refractivity contribution >= 4 is 5.69 Å². The van der Waals surface area contributed by atoms with E-state index in [-0.39, 0.29) is 0 Å². The highest BCUT2D eigenvalue weighted by Gasteiger charge is 2.30. The van der Waals surface area contributed by atoms with Gasteiger partial charge in [-0.1, -0.05) is 25.5 Å². The smallest absolute Gasteiger partial charge is 0.0951 e. The lowest BCUT2D eigenvalue weighted by Gasteiger charge is -2.40. The summed E-state index contributed by atoms with van der Waals surface area (Å²) in [6, 6.07) is 7.80. The number of piperazine rings is 1. The summed E-state index contributed by atoms with van der Waals surface area (Å²) < 4.78 is 0. The second-order valence-electron chi connectivity index (χ2n) is 7.40. The van der Waals surface area contributed by atoms with Gasteiger partial charge in [-0.05, 0) is 49.8 Å². The molecule has 0 amide bonds. The fourth-order valence-electron chi connectivity index (χ4n) is 4.31. The first-order valence-electron chi connectivity index (χ1n) is 8.80. The maximum Gasteiger partial charge on any atom is 0.0951 e. The summed E-state index contributed by atoms with van der Waals surface area (Å²) in [5.41, 5.74) is 4.27. The van der Waals surface area contributed by atoms with Gasteiger partial charge in [0.05, 0.1) is 32.2 Å². The van der Waals surface area contributed by atoms with Gasteiger partial charge in [0.25, 0.3) is 0 Å². The molecule has 2 atom stereocenters. The van der Waals surface area contributed by atoms with Gasteiger partial charge in [0, 0.05) is 12.1 Å². The molecule has 0 unspecified atom stereocenters. The molecule has 0 bridgehead atoms. The molecule has 1 aliphatic heterocycles. The maximum absolute atomic E-state index is 2.61. The van der Waals surface area contributed by atoms with Gasteiger partial charge in [-0.15, -0.1) is 0 Å². The Morgan fingerprint density at radius 2 is 1.86 bits per heavy atom. The van der Waals surface area contributed by atoms with Gasteiger partial charge >= 0.3 is 0 Å². The minimum atomic E-state index is 0.939. The highest BCUT2D eigenvalue weighted by Crippen LogP contribution is 2.23. The molecule has 2 aliphatic rings. The lowest BCUT2D eigenvalue weighted by atomic mass is 9.86. The Hall–Kier alpha value is -1.02. The summed E-state index contributed by atoms with van der Waals surface area (Å²) in [6.45, 7) is 12.0.